The van der Waals surface area contributed by atoms with Crippen LogP contribution in [0.1, 0.15) is 55.1 Å². The minimum absolute atomic E-state index is 0.0160. The summed E-state index contributed by atoms with van der Waals surface area (Å²) in [6.07, 6.45) is 1.22. The maximum Gasteiger partial charge on any atom is 0.251 e. The van der Waals surface area contributed by atoms with Crippen LogP contribution >= 0.6 is 0 Å². The Kier molecular flexibility index (Phi) is 6.15. The van der Waals surface area contributed by atoms with Crippen molar-refractivity contribution in [3.05, 3.63) is 65.2 Å². The third-order valence-corrected chi connectivity index (χ3v) is 7.34. The zero-order chi connectivity index (χ0) is 21.2. The number of hydrogen-bond donors (Lipinski definition) is 1. The molecular weight excluding hydrogens is 384 g/mol. The molecule has 0 aliphatic carbocycles. The van der Waals surface area contributed by atoms with E-state index < -0.39 is 10.0 Å². The first kappa shape index (κ1) is 21.5. The lowest BCUT2D eigenvalue weighted by atomic mass is 9.87. The Morgan fingerprint density at radius 1 is 1.03 bits per heavy atom. The highest BCUT2D eigenvalue weighted by Crippen LogP contribution is 2.26. The molecule has 1 aliphatic rings. The SMILES string of the molecule is Cc1cccc(C(=O)NC2CCN(S(=O)(=O)c3ccc(C(C)(C)C)cc3)CC2)c1. The highest BCUT2D eigenvalue weighted by molar-refractivity contribution is 7.89. The molecule has 0 aromatic heterocycles. The Morgan fingerprint density at radius 3 is 2.21 bits per heavy atom. The smallest absolute Gasteiger partial charge is 0.251 e. The number of amides is 1. The molecule has 1 heterocycles. The number of sulfonamides is 1. The summed E-state index contributed by atoms with van der Waals surface area (Å²) in [6.45, 7) is 9.07. The van der Waals surface area contributed by atoms with Gasteiger partial charge in [-0.15, -0.1) is 0 Å². The van der Waals surface area contributed by atoms with Crippen molar-refractivity contribution in [1.82, 2.24) is 9.62 Å². The second-order valence-corrected chi connectivity index (χ2v) is 10.7. The zero-order valence-electron chi connectivity index (χ0n) is 17.6. The van der Waals surface area contributed by atoms with Crippen LogP contribution in [0.2, 0.25) is 0 Å². The van der Waals surface area contributed by atoms with Gasteiger partial charge in [-0.3, -0.25) is 4.79 Å². The van der Waals surface area contributed by atoms with Crippen LogP contribution in [-0.2, 0) is 15.4 Å². The fraction of sp³-hybridized carbons (Fsp3) is 0.435. The highest BCUT2D eigenvalue weighted by Gasteiger charge is 2.30. The first-order valence-electron chi connectivity index (χ1n) is 10.1. The fourth-order valence-corrected chi connectivity index (χ4v) is 5.04. The Labute approximate surface area is 174 Å². The van der Waals surface area contributed by atoms with E-state index in [-0.39, 0.29) is 17.4 Å². The van der Waals surface area contributed by atoms with Crippen LogP contribution in [0.25, 0.3) is 0 Å². The highest BCUT2D eigenvalue weighted by atomic mass is 32.2. The average Bonchev–Trinajstić information content (AvgIpc) is 2.68. The molecule has 1 aliphatic heterocycles. The van der Waals surface area contributed by atoms with E-state index in [9.17, 15) is 13.2 Å². The Bertz CT molecular complexity index is 968. The summed E-state index contributed by atoms with van der Waals surface area (Å²) in [5.74, 6) is -0.104. The summed E-state index contributed by atoms with van der Waals surface area (Å²) in [4.78, 5) is 12.8. The predicted octanol–water partition coefficient (Wildman–Crippen LogP) is 3.88. The van der Waals surface area contributed by atoms with Gasteiger partial charge in [0, 0.05) is 24.7 Å². The van der Waals surface area contributed by atoms with E-state index in [2.05, 4.69) is 26.1 Å². The van der Waals surface area contributed by atoms with Gasteiger partial charge in [-0.25, -0.2) is 8.42 Å². The lowest BCUT2D eigenvalue weighted by Gasteiger charge is -2.31. The second kappa shape index (κ2) is 8.28. The zero-order valence-corrected chi connectivity index (χ0v) is 18.4. The third-order valence-electron chi connectivity index (χ3n) is 5.43. The predicted molar refractivity (Wildman–Crippen MR) is 116 cm³/mol. The molecule has 1 amide bonds. The largest absolute Gasteiger partial charge is 0.349 e. The average molecular weight is 415 g/mol. The fourth-order valence-electron chi connectivity index (χ4n) is 3.57. The first-order chi connectivity index (χ1) is 13.6. The Balaban J connectivity index is 1.61. The third kappa shape index (κ3) is 5.06. The maximum absolute atomic E-state index is 13.0. The van der Waals surface area contributed by atoms with E-state index in [0.29, 0.717) is 36.4 Å². The van der Waals surface area contributed by atoms with Gasteiger partial charge in [0.05, 0.1) is 4.90 Å². The molecule has 0 atom stereocenters. The van der Waals surface area contributed by atoms with Crippen LogP contribution in [-0.4, -0.2) is 37.8 Å². The number of aryl methyl sites for hydroxylation is 1. The minimum atomic E-state index is -3.51. The number of carbonyl (C=O) groups is 1. The molecule has 2 aromatic rings. The number of rotatable bonds is 4. The van der Waals surface area contributed by atoms with Crippen molar-refractivity contribution >= 4 is 15.9 Å². The molecule has 0 unspecified atom stereocenters. The topological polar surface area (TPSA) is 66.5 Å². The van der Waals surface area contributed by atoms with Crippen molar-refractivity contribution in [2.45, 2.75) is 56.9 Å². The van der Waals surface area contributed by atoms with Crippen LogP contribution < -0.4 is 5.32 Å². The van der Waals surface area contributed by atoms with E-state index in [1.165, 1.54) is 4.31 Å². The lowest BCUT2D eigenvalue weighted by molar-refractivity contribution is 0.0923. The summed E-state index contributed by atoms with van der Waals surface area (Å²) >= 11 is 0. The van der Waals surface area contributed by atoms with Crippen LogP contribution in [0.4, 0.5) is 0 Å². The molecule has 29 heavy (non-hydrogen) atoms. The molecule has 0 spiro atoms. The quantitative estimate of drug-likeness (QED) is 0.826. The van der Waals surface area contributed by atoms with Gasteiger partial charge in [0.1, 0.15) is 0 Å². The summed E-state index contributed by atoms with van der Waals surface area (Å²) in [6, 6.07) is 14.6. The van der Waals surface area contributed by atoms with Gasteiger partial charge in [-0.2, -0.15) is 4.31 Å². The van der Waals surface area contributed by atoms with Crippen molar-refractivity contribution in [3.63, 3.8) is 0 Å². The second-order valence-electron chi connectivity index (χ2n) is 8.80. The minimum Gasteiger partial charge on any atom is -0.349 e. The Hall–Kier alpha value is -2.18. The molecule has 6 heteroatoms. The maximum atomic E-state index is 13.0. The van der Waals surface area contributed by atoms with Gasteiger partial charge in [-0.1, -0.05) is 50.6 Å². The summed E-state index contributed by atoms with van der Waals surface area (Å²) in [5.41, 5.74) is 2.76. The molecule has 1 N–H and O–H groups in total. The first-order valence-corrected chi connectivity index (χ1v) is 11.5. The van der Waals surface area contributed by atoms with E-state index in [4.69, 9.17) is 0 Å². The normalized spacial score (nSPS) is 16.6. The summed E-state index contributed by atoms with van der Waals surface area (Å²) < 4.78 is 27.5. The molecule has 156 valence electrons. The molecule has 3 rings (SSSR count). The van der Waals surface area contributed by atoms with Crippen molar-refractivity contribution in [1.29, 1.82) is 0 Å². The van der Waals surface area contributed by atoms with Crippen molar-refractivity contribution in [3.8, 4) is 0 Å². The number of hydrogen-bond acceptors (Lipinski definition) is 3. The summed E-state index contributed by atoms with van der Waals surface area (Å²) in [5, 5.41) is 3.04. The molecule has 1 saturated heterocycles. The molecule has 2 aromatic carbocycles. The van der Waals surface area contributed by atoms with Crippen LogP contribution in [0.15, 0.2) is 53.4 Å². The van der Waals surface area contributed by atoms with Gasteiger partial charge in [0.15, 0.2) is 0 Å². The van der Waals surface area contributed by atoms with Crippen molar-refractivity contribution < 1.29 is 13.2 Å². The van der Waals surface area contributed by atoms with E-state index in [1.807, 2.05) is 37.3 Å². The molecule has 1 fully saturated rings. The number of piperidine rings is 1. The molecule has 0 saturated carbocycles. The lowest BCUT2D eigenvalue weighted by Crippen LogP contribution is -2.46. The van der Waals surface area contributed by atoms with Crippen LogP contribution in [0.3, 0.4) is 0 Å². The van der Waals surface area contributed by atoms with Gasteiger partial charge in [0.2, 0.25) is 10.0 Å². The van der Waals surface area contributed by atoms with Gasteiger partial charge in [-0.05, 0) is 55.0 Å². The van der Waals surface area contributed by atoms with E-state index >= 15 is 0 Å². The van der Waals surface area contributed by atoms with Crippen molar-refractivity contribution in [2.24, 2.45) is 0 Å². The van der Waals surface area contributed by atoms with Crippen LogP contribution in [0.5, 0.6) is 0 Å². The van der Waals surface area contributed by atoms with Gasteiger partial charge < -0.3 is 5.32 Å². The molecule has 0 bridgehead atoms. The summed E-state index contributed by atoms with van der Waals surface area (Å²) in [7, 11) is -3.51. The van der Waals surface area contributed by atoms with Gasteiger partial charge in [0.25, 0.3) is 5.91 Å². The van der Waals surface area contributed by atoms with Crippen molar-refractivity contribution in [2.75, 3.05) is 13.1 Å². The number of benzene rings is 2. The Morgan fingerprint density at radius 2 is 1.66 bits per heavy atom. The van der Waals surface area contributed by atoms with Crippen LogP contribution in [0, 0.1) is 6.92 Å². The molecular formula is C23H30N2O3S. The number of nitrogens with zero attached hydrogens (tertiary/aromatic N) is 1. The monoisotopic (exact) mass is 414 g/mol. The van der Waals surface area contributed by atoms with E-state index in [0.717, 1.165) is 11.1 Å². The number of carbonyl (C=O) groups excluding carboxylic acids is 1. The van der Waals surface area contributed by atoms with E-state index in [1.54, 1.807) is 18.2 Å². The van der Waals surface area contributed by atoms with Gasteiger partial charge >= 0.3 is 0 Å². The standard InChI is InChI=1S/C23H30N2O3S/c1-17-6-5-7-18(16-17)22(26)24-20-12-14-25(15-13-20)29(27,28)21-10-8-19(9-11-21)23(2,3)4/h5-11,16,20H,12-15H2,1-4H3,(H,24,26). The number of nitrogens with one attached hydrogen (secondary N) is 1. The molecule has 0 radical (unpaired) electrons. The molecule has 5 nitrogen and oxygen atoms in total.